The molecule has 2 rings (SSSR count). The number of amidine groups is 1. The van der Waals surface area contributed by atoms with Crippen molar-refractivity contribution in [3.63, 3.8) is 0 Å². The van der Waals surface area contributed by atoms with Gasteiger partial charge in [-0.2, -0.15) is 0 Å². The Morgan fingerprint density at radius 2 is 1.96 bits per heavy atom. The maximum atomic E-state index is 11.0. The van der Waals surface area contributed by atoms with Gasteiger partial charge in [-0.15, -0.1) is 12.4 Å². The van der Waals surface area contributed by atoms with Gasteiger partial charge in [-0.25, -0.2) is 0 Å². The fourth-order valence-electron chi connectivity index (χ4n) is 2.67. The van der Waals surface area contributed by atoms with Gasteiger partial charge < -0.3 is 25.9 Å². The Morgan fingerprint density at radius 3 is 2.56 bits per heavy atom. The minimum atomic E-state index is -0.582. The van der Waals surface area contributed by atoms with Gasteiger partial charge in [0.15, 0.2) is 5.84 Å². The number of benzene rings is 1. The molecule has 0 aliphatic carbocycles. The van der Waals surface area contributed by atoms with Gasteiger partial charge >= 0.3 is 0 Å². The highest BCUT2D eigenvalue weighted by Crippen LogP contribution is 2.10. The average Bonchev–Trinajstić information content (AvgIpc) is 2.55. The number of hydrogen-bond donors (Lipinski definition) is 3. The van der Waals surface area contributed by atoms with E-state index >= 15 is 0 Å². The summed E-state index contributed by atoms with van der Waals surface area (Å²) in [6.07, 6.45) is 3.06. The summed E-state index contributed by atoms with van der Waals surface area (Å²) in [6.45, 7) is 4.22. The lowest BCUT2D eigenvalue weighted by Crippen LogP contribution is -2.38. The summed E-state index contributed by atoms with van der Waals surface area (Å²) in [5.74, 6) is 0.102. The fourth-order valence-corrected chi connectivity index (χ4v) is 2.67. The normalized spacial score (nSPS) is 16.6. The second kappa shape index (κ2) is 10.9. The number of anilines is 1. The summed E-state index contributed by atoms with van der Waals surface area (Å²) in [5.41, 5.74) is 7.24. The summed E-state index contributed by atoms with van der Waals surface area (Å²) in [7, 11) is 0. The van der Waals surface area contributed by atoms with Crippen molar-refractivity contribution in [3.05, 3.63) is 29.8 Å². The molecule has 1 atom stereocenters. The number of carbonyl (C=O) groups excluding carboxylic acids is 1. The van der Waals surface area contributed by atoms with Crippen LogP contribution >= 0.6 is 12.4 Å². The maximum absolute atomic E-state index is 11.0. The fraction of sp³-hybridized carbons (Fsp3) is 0.529. The Labute approximate surface area is 154 Å². The first-order valence-corrected chi connectivity index (χ1v) is 8.28. The van der Waals surface area contributed by atoms with Gasteiger partial charge in [0.2, 0.25) is 5.91 Å². The molecule has 1 aromatic carbocycles. The number of likely N-dealkylation sites (tertiary alicyclic amines) is 1. The van der Waals surface area contributed by atoms with E-state index in [0.29, 0.717) is 17.8 Å². The number of nitrogens with zero attached hydrogens (tertiary/aromatic N) is 2. The first-order valence-electron chi connectivity index (χ1n) is 8.28. The van der Waals surface area contributed by atoms with Crippen LogP contribution in [-0.2, 0) is 9.63 Å². The van der Waals surface area contributed by atoms with Crippen LogP contribution < -0.4 is 11.1 Å². The zero-order valence-corrected chi connectivity index (χ0v) is 15.3. The molecular formula is C17H27ClN4O3. The summed E-state index contributed by atoms with van der Waals surface area (Å²) < 4.78 is 0. The van der Waals surface area contributed by atoms with Crippen molar-refractivity contribution >= 4 is 29.8 Å². The number of piperidine rings is 1. The zero-order chi connectivity index (χ0) is 17.4. The first-order chi connectivity index (χ1) is 11.5. The highest BCUT2D eigenvalue weighted by molar-refractivity contribution is 5.97. The minimum Gasteiger partial charge on any atom is -0.391 e. The summed E-state index contributed by atoms with van der Waals surface area (Å²) >= 11 is 0. The van der Waals surface area contributed by atoms with E-state index < -0.39 is 6.10 Å². The molecule has 0 spiro atoms. The van der Waals surface area contributed by atoms with E-state index in [4.69, 9.17) is 10.6 Å². The van der Waals surface area contributed by atoms with Crippen LogP contribution in [0.3, 0.4) is 0 Å². The molecule has 0 bridgehead atoms. The molecule has 0 aromatic heterocycles. The van der Waals surface area contributed by atoms with Gasteiger partial charge in [-0.3, -0.25) is 4.79 Å². The van der Waals surface area contributed by atoms with Crippen molar-refractivity contribution in [2.24, 2.45) is 10.9 Å². The molecule has 25 heavy (non-hydrogen) atoms. The van der Waals surface area contributed by atoms with Crippen LogP contribution in [0.4, 0.5) is 5.69 Å². The second-order valence-corrected chi connectivity index (χ2v) is 6.05. The molecule has 0 saturated carbocycles. The van der Waals surface area contributed by atoms with E-state index in [1.54, 1.807) is 24.3 Å². The Bertz CT molecular complexity index is 560. The van der Waals surface area contributed by atoms with Gasteiger partial charge in [-0.05, 0) is 50.2 Å². The Kier molecular flexibility index (Phi) is 9.26. The number of carbonyl (C=O) groups is 1. The number of nitrogens with two attached hydrogens (primary N) is 1. The van der Waals surface area contributed by atoms with Gasteiger partial charge in [0.05, 0.1) is 0 Å². The number of rotatable bonds is 7. The maximum Gasteiger partial charge on any atom is 0.221 e. The number of amides is 1. The van der Waals surface area contributed by atoms with Crippen molar-refractivity contribution in [1.82, 2.24) is 4.90 Å². The van der Waals surface area contributed by atoms with E-state index in [0.717, 1.165) is 13.1 Å². The van der Waals surface area contributed by atoms with Crippen LogP contribution in [0.5, 0.6) is 0 Å². The van der Waals surface area contributed by atoms with E-state index in [2.05, 4.69) is 15.4 Å². The third kappa shape index (κ3) is 7.72. The lowest BCUT2D eigenvalue weighted by atomic mass is 10.1. The summed E-state index contributed by atoms with van der Waals surface area (Å²) in [5, 5.41) is 16.5. The molecular weight excluding hydrogens is 344 g/mol. The molecule has 1 amide bonds. The topological polar surface area (TPSA) is 100 Å². The predicted molar refractivity (Wildman–Crippen MR) is 101 cm³/mol. The van der Waals surface area contributed by atoms with Crippen molar-refractivity contribution < 1.29 is 14.7 Å². The number of β-amino-alcohol motifs (C(OH)–C–C–N with tert-alkyl or cyclic N) is 1. The van der Waals surface area contributed by atoms with Crippen LogP contribution in [-0.4, -0.2) is 54.1 Å². The van der Waals surface area contributed by atoms with Crippen LogP contribution in [0.2, 0.25) is 0 Å². The van der Waals surface area contributed by atoms with Crippen molar-refractivity contribution in [2.45, 2.75) is 32.3 Å². The number of hydrogen-bond acceptors (Lipinski definition) is 5. The number of oxime groups is 1. The molecule has 1 aromatic rings. The van der Waals surface area contributed by atoms with Gasteiger partial charge in [-0.1, -0.05) is 11.6 Å². The molecule has 4 N–H and O–H groups in total. The average molecular weight is 371 g/mol. The van der Waals surface area contributed by atoms with E-state index in [9.17, 15) is 9.90 Å². The highest BCUT2D eigenvalue weighted by Gasteiger charge is 2.15. The summed E-state index contributed by atoms with van der Waals surface area (Å²) in [6, 6.07) is 6.98. The second-order valence-electron chi connectivity index (χ2n) is 6.05. The molecule has 1 saturated heterocycles. The molecule has 1 fully saturated rings. The van der Waals surface area contributed by atoms with Crippen molar-refractivity contribution in [1.29, 1.82) is 0 Å². The van der Waals surface area contributed by atoms with Crippen LogP contribution in [0.25, 0.3) is 0 Å². The molecule has 0 radical (unpaired) electrons. The number of aliphatic hydroxyl groups is 1. The van der Waals surface area contributed by atoms with E-state index in [-0.39, 0.29) is 30.8 Å². The van der Waals surface area contributed by atoms with Gasteiger partial charge in [0.1, 0.15) is 12.7 Å². The van der Waals surface area contributed by atoms with E-state index in [1.807, 2.05) is 0 Å². The Hall–Kier alpha value is -1.83. The van der Waals surface area contributed by atoms with Crippen molar-refractivity contribution in [2.75, 3.05) is 31.6 Å². The van der Waals surface area contributed by atoms with Crippen LogP contribution in [0, 0.1) is 0 Å². The van der Waals surface area contributed by atoms with Gasteiger partial charge in [0, 0.05) is 24.7 Å². The predicted octanol–water partition coefficient (Wildman–Crippen LogP) is 1.55. The molecule has 1 aliphatic rings. The zero-order valence-electron chi connectivity index (χ0n) is 14.5. The quantitative estimate of drug-likeness (QED) is 0.384. The summed E-state index contributed by atoms with van der Waals surface area (Å²) in [4.78, 5) is 18.4. The largest absolute Gasteiger partial charge is 0.391 e. The highest BCUT2D eigenvalue weighted by atomic mass is 35.5. The van der Waals surface area contributed by atoms with Crippen LogP contribution in [0.15, 0.2) is 29.4 Å². The third-order valence-electron chi connectivity index (χ3n) is 3.85. The molecule has 7 nitrogen and oxygen atoms in total. The molecule has 1 aliphatic heterocycles. The van der Waals surface area contributed by atoms with Crippen molar-refractivity contribution in [3.8, 4) is 0 Å². The Morgan fingerprint density at radius 1 is 1.32 bits per heavy atom. The molecule has 1 unspecified atom stereocenters. The first kappa shape index (κ1) is 21.2. The lowest BCUT2D eigenvalue weighted by molar-refractivity contribution is -0.114. The smallest absolute Gasteiger partial charge is 0.221 e. The SMILES string of the molecule is CC(=O)Nc1ccc(C(N)=NOCC(O)CN2CCCCC2)cc1.Cl. The number of nitrogens with one attached hydrogen (secondary N) is 1. The molecule has 140 valence electrons. The minimum absolute atomic E-state index is 0. The van der Waals surface area contributed by atoms with Gasteiger partial charge in [0.25, 0.3) is 0 Å². The molecule has 1 heterocycles. The third-order valence-corrected chi connectivity index (χ3v) is 3.85. The number of aliphatic hydroxyl groups excluding tert-OH is 1. The van der Waals surface area contributed by atoms with E-state index in [1.165, 1.54) is 26.2 Å². The van der Waals surface area contributed by atoms with Crippen LogP contribution in [0.1, 0.15) is 31.7 Å². The molecule has 8 heteroatoms. The number of halogens is 1. The monoisotopic (exact) mass is 370 g/mol. The lowest BCUT2D eigenvalue weighted by Gasteiger charge is -2.27. The Balaban J connectivity index is 0.00000312. The standard InChI is InChI=1S/C17H26N4O3.ClH/c1-13(22)19-15-7-5-14(6-8-15)17(18)20-24-12-16(23)11-21-9-3-2-4-10-21;/h5-8,16,23H,2-4,9-12H2,1H3,(H2,18,20)(H,19,22);1H.